The van der Waals surface area contributed by atoms with E-state index in [0.29, 0.717) is 11.1 Å². The van der Waals surface area contributed by atoms with Crippen LogP contribution in [0.4, 0.5) is 0 Å². The molecule has 0 unspecified atom stereocenters. The molecular weight excluding hydrogens is 392 g/mol. The van der Waals surface area contributed by atoms with E-state index in [2.05, 4.69) is 37.5 Å². The van der Waals surface area contributed by atoms with Gasteiger partial charge in [0.05, 0.1) is 17.4 Å². The molecule has 126 valence electrons. The molecule has 1 heterocycles. The van der Waals surface area contributed by atoms with Gasteiger partial charge < -0.3 is 9.73 Å². The summed E-state index contributed by atoms with van der Waals surface area (Å²) in [6, 6.07) is 9.65. The van der Waals surface area contributed by atoms with Crippen molar-refractivity contribution in [2.75, 3.05) is 5.75 Å². The molecule has 24 heavy (non-hydrogen) atoms. The first-order valence-corrected chi connectivity index (χ1v) is 9.07. The molecule has 1 atom stereocenters. The van der Waals surface area contributed by atoms with E-state index < -0.39 is 5.54 Å². The third-order valence-electron chi connectivity index (χ3n) is 3.62. The highest BCUT2D eigenvalue weighted by Crippen LogP contribution is 2.29. The summed E-state index contributed by atoms with van der Waals surface area (Å²) in [5, 5.41) is 20.2. The zero-order chi connectivity index (χ0) is 17.7. The Morgan fingerprint density at radius 1 is 1.46 bits per heavy atom. The lowest BCUT2D eigenvalue weighted by Gasteiger charge is -2.27. The molecule has 1 aromatic heterocycles. The smallest absolute Gasteiger partial charge is 0.277 e. The number of aromatic nitrogens is 2. The minimum absolute atomic E-state index is 0.00175. The van der Waals surface area contributed by atoms with Crippen LogP contribution in [0.25, 0.3) is 11.5 Å². The van der Waals surface area contributed by atoms with Crippen LogP contribution in [0.15, 0.2) is 38.4 Å². The molecule has 1 N–H and O–H groups in total. The molecule has 0 spiro atoms. The summed E-state index contributed by atoms with van der Waals surface area (Å²) in [7, 11) is 0. The maximum absolute atomic E-state index is 12.0. The predicted octanol–water partition coefficient (Wildman–Crippen LogP) is 3.65. The minimum atomic E-state index is -0.896. The highest BCUT2D eigenvalue weighted by Gasteiger charge is 2.30. The summed E-state index contributed by atoms with van der Waals surface area (Å²) in [4.78, 5) is 12.0. The molecule has 1 aromatic carbocycles. The number of rotatable bonds is 6. The number of benzene rings is 1. The maximum atomic E-state index is 12.0. The summed E-state index contributed by atoms with van der Waals surface area (Å²) in [5.41, 5.74) is -0.106. The molecule has 6 nitrogen and oxygen atoms in total. The largest absolute Gasteiger partial charge is 0.411 e. The van der Waals surface area contributed by atoms with Crippen molar-refractivity contribution in [3.8, 4) is 17.5 Å². The average Bonchev–Trinajstić information content (AvgIpc) is 3.01. The van der Waals surface area contributed by atoms with Crippen LogP contribution in [0.3, 0.4) is 0 Å². The Labute approximate surface area is 153 Å². The lowest BCUT2D eigenvalue weighted by molar-refractivity contribution is -0.120. The van der Waals surface area contributed by atoms with Crippen LogP contribution in [0, 0.1) is 17.2 Å². The van der Waals surface area contributed by atoms with Gasteiger partial charge in [0.1, 0.15) is 5.54 Å². The molecule has 0 saturated heterocycles. The zero-order valence-corrected chi connectivity index (χ0v) is 15.9. The molecule has 0 radical (unpaired) electrons. The predicted molar refractivity (Wildman–Crippen MR) is 95.2 cm³/mol. The van der Waals surface area contributed by atoms with Crippen LogP contribution in [-0.4, -0.2) is 27.4 Å². The van der Waals surface area contributed by atoms with Crippen LogP contribution in [-0.2, 0) is 4.79 Å². The van der Waals surface area contributed by atoms with Crippen molar-refractivity contribution in [1.82, 2.24) is 15.5 Å². The average molecular weight is 409 g/mol. The van der Waals surface area contributed by atoms with Crippen molar-refractivity contribution in [3.63, 3.8) is 0 Å². The molecule has 0 aliphatic carbocycles. The van der Waals surface area contributed by atoms with Gasteiger partial charge in [-0.15, -0.1) is 10.2 Å². The van der Waals surface area contributed by atoms with Gasteiger partial charge in [-0.1, -0.05) is 37.7 Å². The van der Waals surface area contributed by atoms with E-state index >= 15 is 0 Å². The Balaban J connectivity index is 1.98. The van der Waals surface area contributed by atoms with Crippen LogP contribution in [0.2, 0.25) is 0 Å². The number of nitrogens with zero attached hydrogens (tertiary/aromatic N) is 3. The number of amides is 1. The monoisotopic (exact) mass is 408 g/mol. The Bertz CT molecular complexity index is 771. The van der Waals surface area contributed by atoms with E-state index in [-0.39, 0.29) is 17.6 Å². The Kier molecular flexibility index (Phi) is 6.02. The number of carbonyl (C=O) groups excluding carboxylic acids is 1. The molecule has 0 aliphatic rings. The van der Waals surface area contributed by atoms with Crippen molar-refractivity contribution >= 4 is 33.6 Å². The van der Waals surface area contributed by atoms with Crippen LogP contribution in [0.1, 0.15) is 20.8 Å². The topological polar surface area (TPSA) is 91.8 Å². The molecule has 0 aliphatic heterocycles. The third-order valence-corrected chi connectivity index (χ3v) is 5.13. The van der Waals surface area contributed by atoms with Gasteiger partial charge in [-0.05, 0) is 40.9 Å². The highest BCUT2D eigenvalue weighted by molar-refractivity contribution is 9.10. The summed E-state index contributed by atoms with van der Waals surface area (Å²) < 4.78 is 6.42. The van der Waals surface area contributed by atoms with Crippen molar-refractivity contribution in [2.24, 2.45) is 5.92 Å². The number of nitrogens with one attached hydrogen (secondary N) is 1. The van der Waals surface area contributed by atoms with Gasteiger partial charge >= 0.3 is 0 Å². The van der Waals surface area contributed by atoms with Gasteiger partial charge in [0, 0.05) is 4.47 Å². The molecule has 2 aromatic rings. The molecule has 2 rings (SSSR count). The number of hydrogen-bond donors (Lipinski definition) is 1. The lowest BCUT2D eigenvalue weighted by Crippen LogP contribution is -2.49. The molecule has 1 amide bonds. The Morgan fingerprint density at radius 2 is 2.17 bits per heavy atom. The Morgan fingerprint density at radius 3 is 2.79 bits per heavy atom. The van der Waals surface area contributed by atoms with Crippen molar-refractivity contribution in [1.29, 1.82) is 5.26 Å². The highest BCUT2D eigenvalue weighted by atomic mass is 79.9. The van der Waals surface area contributed by atoms with Gasteiger partial charge in [0.2, 0.25) is 11.8 Å². The second kappa shape index (κ2) is 7.81. The van der Waals surface area contributed by atoms with E-state index in [1.54, 1.807) is 6.92 Å². The number of thioether (sulfide) groups is 1. The van der Waals surface area contributed by atoms with Gasteiger partial charge in [-0.3, -0.25) is 4.79 Å². The van der Waals surface area contributed by atoms with E-state index in [1.165, 1.54) is 0 Å². The molecule has 0 bridgehead atoms. The van der Waals surface area contributed by atoms with Crippen LogP contribution < -0.4 is 5.32 Å². The first kappa shape index (κ1) is 18.5. The lowest BCUT2D eigenvalue weighted by atomic mass is 9.90. The second-order valence-corrected chi connectivity index (χ2v) is 7.44. The first-order valence-electron chi connectivity index (χ1n) is 7.29. The van der Waals surface area contributed by atoms with Gasteiger partial charge in [-0.2, -0.15) is 5.26 Å². The maximum Gasteiger partial charge on any atom is 0.277 e. The van der Waals surface area contributed by atoms with E-state index in [1.807, 2.05) is 38.1 Å². The number of nitriles is 1. The molecule has 0 saturated carbocycles. The Hall–Kier alpha value is -1.85. The molecule has 8 heteroatoms. The quantitative estimate of drug-likeness (QED) is 0.733. The van der Waals surface area contributed by atoms with Crippen LogP contribution in [0.5, 0.6) is 0 Å². The summed E-state index contributed by atoms with van der Waals surface area (Å²) in [5.74, 6) is 0.233. The zero-order valence-electron chi connectivity index (χ0n) is 13.5. The number of carbonyl (C=O) groups is 1. The fourth-order valence-electron chi connectivity index (χ4n) is 1.77. The third kappa shape index (κ3) is 4.36. The second-order valence-electron chi connectivity index (χ2n) is 5.66. The standard InChI is InChI=1S/C16H17BrN4O2S/c1-10(2)16(3,9-18)19-13(22)8-24-15-21-20-14(23-15)11-6-4-5-7-12(11)17/h4-7,10H,8H2,1-3H3,(H,19,22)/t16-/m1/s1. The van der Waals surface area contributed by atoms with Gasteiger partial charge in [0.15, 0.2) is 0 Å². The molecule has 0 fully saturated rings. The minimum Gasteiger partial charge on any atom is -0.411 e. The van der Waals surface area contributed by atoms with Crippen LogP contribution >= 0.6 is 27.7 Å². The number of halogens is 1. The summed E-state index contributed by atoms with van der Waals surface area (Å²) in [6.45, 7) is 5.48. The van der Waals surface area contributed by atoms with Gasteiger partial charge in [0.25, 0.3) is 5.22 Å². The summed E-state index contributed by atoms with van der Waals surface area (Å²) >= 11 is 4.57. The van der Waals surface area contributed by atoms with Gasteiger partial charge in [-0.25, -0.2) is 0 Å². The fraction of sp³-hybridized carbons (Fsp3) is 0.375. The van der Waals surface area contributed by atoms with E-state index in [4.69, 9.17) is 4.42 Å². The normalized spacial score (nSPS) is 13.3. The van der Waals surface area contributed by atoms with E-state index in [9.17, 15) is 10.1 Å². The van der Waals surface area contributed by atoms with Crippen molar-refractivity contribution in [2.45, 2.75) is 31.5 Å². The number of hydrogen-bond acceptors (Lipinski definition) is 6. The summed E-state index contributed by atoms with van der Waals surface area (Å²) in [6.07, 6.45) is 0. The van der Waals surface area contributed by atoms with Crippen molar-refractivity contribution < 1.29 is 9.21 Å². The molecular formula is C16H17BrN4O2S. The SMILES string of the molecule is CC(C)[C@@](C)(C#N)NC(=O)CSc1nnc(-c2ccccc2Br)o1. The van der Waals surface area contributed by atoms with E-state index in [0.717, 1.165) is 21.8 Å². The first-order chi connectivity index (χ1) is 11.4. The van der Waals surface area contributed by atoms with Crippen molar-refractivity contribution in [3.05, 3.63) is 28.7 Å². The fourth-order valence-corrected chi connectivity index (χ4v) is 2.78.